The van der Waals surface area contributed by atoms with E-state index in [1.54, 1.807) is 18.2 Å². The van der Waals surface area contributed by atoms with Crippen LogP contribution in [0.3, 0.4) is 0 Å². The average molecular weight is 338 g/mol. The molecule has 0 fully saturated rings. The molecule has 0 amide bonds. The Morgan fingerprint density at radius 1 is 1.20 bits per heavy atom. The van der Waals surface area contributed by atoms with E-state index in [2.05, 4.69) is 9.97 Å². The van der Waals surface area contributed by atoms with Gasteiger partial charge in [0.15, 0.2) is 0 Å². The Hall–Kier alpha value is -3.73. The zero-order valence-corrected chi connectivity index (χ0v) is 12.8. The molecular weight excluding hydrogens is 327 g/mol. The van der Waals surface area contributed by atoms with Gasteiger partial charge < -0.3 is 4.74 Å². The van der Waals surface area contributed by atoms with E-state index in [9.17, 15) is 14.0 Å². The topological polar surface area (TPSA) is 101 Å². The van der Waals surface area contributed by atoms with E-state index < -0.39 is 11.2 Å². The van der Waals surface area contributed by atoms with Crippen LogP contribution in [0, 0.1) is 17.1 Å². The van der Waals surface area contributed by atoms with Gasteiger partial charge in [-0.05, 0) is 29.8 Å². The Morgan fingerprint density at radius 3 is 2.60 bits per heavy atom. The van der Waals surface area contributed by atoms with Crippen LogP contribution in [-0.2, 0) is 6.54 Å². The molecule has 1 N–H and O–H groups in total. The van der Waals surface area contributed by atoms with E-state index in [1.165, 1.54) is 41.2 Å². The second kappa shape index (κ2) is 6.80. The van der Waals surface area contributed by atoms with Crippen molar-refractivity contribution in [1.82, 2.24) is 14.5 Å². The number of H-pyrrole nitrogens is 1. The first-order valence-corrected chi connectivity index (χ1v) is 7.17. The Balaban J connectivity index is 1.77. The second-order valence-electron chi connectivity index (χ2n) is 5.10. The van der Waals surface area contributed by atoms with Crippen molar-refractivity contribution in [3.05, 3.63) is 86.6 Å². The third-order valence-corrected chi connectivity index (χ3v) is 3.32. The minimum Gasteiger partial charge on any atom is -0.439 e. The van der Waals surface area contributed by atoms with Gasteiger partial charge in [0.25, 0.3) is 5.56 Å². The first-order chi connectivity index (χ1) is 12.0. The lowest BCUT2D eigenvalue weighted by Crippen LogP contribution is -2.31. The average Bonchev–Trinajstić information content (AvgIpc) is 2.61. The van der Waals surface area contributed by atoms with E-state index in [-0.39, 0.29) is 17.9 Å². The molecule has 0 spiro atoms. The minimum absolute atomic E-state index is 0.133. The molecule has 0 saturated heterocycles. The maximum Gasteiger partial charge on any atom is 0.328 e. The van der Waals surface area contributed by atoms with Gasteiger partial charge >= 0.3 is 5.69 Å². The summed E-state index contributed by atoms with van der Waals surface area (Å²) in [7, 11) is 0. The van der Waals surface area contributed by atoms with Crippen LogP contribution in [0.15, 0.2) is 58.4 Å². The quantitative estimate of drug-likeness (QED) is 0.781. The van der Waals surface area contributed by atoms with E-state index in [0.717, 1.165) is 0 Å². The fourth-order valence-corrected chi connectivity index (χ4v) is 2.09. The highest BCUT2D eigenvalue weighted by Gasteiger charge is 2.06. The van der Waals surface area contributed by atoms with Crippen LogP contribution in [0.5, 0.6) is 11.6 Å². The number of pyridine rings is 1. The summed E-state index contributed by atoms with van der Waals surface area (Å²) < 4.78 is 19.5. The lowest BCUT2D eigenvalue weighted by Gasteiger charge is -2.07. The fraction of sp³-hybridized carbons (Fsp3) is 0.0588. The molecule has 8 heteroatoms. The molecular formula is C17H11FN4O3. The number of nitriles is 1. The number of hydrogen-bond acceptors (Lipinski definition) is 5. The van der Waals surface area contributed by atoms with Crippen molar-refractivity contribution < 1.29 is 9.13 Å². The highest BCUT2D eigenvalue weighted by atomic mass is 19.1. The van der Waals surface area contributed by atoms with Gasteiger partial charge in [-0.2, -0.15) is 5.26 Å². The molecule has 0 aliphatic rings. The molecule has 0 unspecified atom stereocenters. The van der Waals surface area contributed by atoms with Gasteiger partial charge in [0, 0.05) is 18.5 Å². The molecule has 0 bridgehead atoms. The first kappa shape index (κ1) is 16.1. The molecule has 7 nitrogen and oxygen atoms in total. The molecule has 25 heavy (non-hydrogen) atoms. The molecule has 0 saturated carbocycles. The summed E-state index contributed by atoms with van der Waals surface area (Å²) in [5.74, 6) is 0.387. The lowest BCUT2D eigenvalue weighted by atomic mass is 10.2. The van der Waals surface area contributed by atoms with E-state index in [0.29, 0.717) is 17.2 Å². The molecule has 0 atom stereocenters. The Kier molecular flexibility index (Phi) is 4.39. The first-order valence-electron chi connectivity index (χ1n) is 7.17. The van der Waals surface area contributed by atoms with Crippen LogP contribution in [0.4, 0.5) is 4.39 Å². The summed E-state index contributed by atoms with van der Waals surface area (Å²) in [6, 6.07) is 10.5. The standard InChI is InChI=1S/C17H11FN4O3/c18-13-2-4-14(5-3-13)25-15-6-1-11(8-20-15)9-22-10-12(7-19)16(23)21-17(22)24/h1-6,8,10H,9H2,(H,21,23,24). The fourth-order valence-electron chi connectivity index (χ4n) is 2.09. The number of benzene rings is 1. The van der Waals surface area contributed by atoms with Crippen LogP contribution >= 0.6 is 0 Å². The number of aromatic amines is 1. The normalized spacial score (nSPS) is 10.2. The Morgan fingerprint density at radius 2 is 1.96 bits per heavy atom. The zero-order chi connectivity index (χ0) is 17.8. The van der Waals surface area contributed by atoms with Crippen molar-refractivity contribution >= 4 is 0 Å². The maximum absolute atomic E-state index is 12.9. The molecule has 0 radical (unpaired) electrons. The highest BCUT2D eigenvalue weighted by Crippen LogP contribution is 2.19. The van der Waals surface area contributed by atoms with Gasteiger partial charge in [-0.15, -0.1) is 0 Å². The maximum atomic E-state index is 12.9. The van der Waals surface area contributed by atoms with Gasteiger partial charge in [-0.3, -0.25) is 14.3 Å². The molecule has 3 aromatic rings. The summed E-state index contributed by atoms with van der Waals surface area (Å²) in [5.41, 5.74) is -0.811. The van der Waals surface area contributed by atoms with Crippen LogP contribution < -0.4 is 16.0 Å². The van der Waals surface area contributed by atoms with Crippen molar-refractivity contribution in [1.29, 1.82) is 5.26 Å². The number of aromatic nitrogens is 3. The van der Waals surface area contributed by atoms with E-state index >= 15 is 0 Å². The van der Waals surface area contributed by atoms with E-state index in [1.807, 2.05) is 0 Å². The van der Waals surface area contributed by atoms with Crippen molar-refractivity contribution in [3.8, 4) is 17.7 Å². The lowest BCUT2D eigenvalue weighted by molar-refractivity contribution is 0.460. The zero-order valence-electron chi connectivity index (χ0n) is 12.8. The summed E-state index contributed by atoms with van der Waals surface area (Å²) in [5, 5.41) is 8.86. The minimum atomic E-state index is -0.718. The number of rotatable bonds is 4. The smallest absolute Gasteiger partial charge is 0.328 e. The second-order valence-corrected chi connectivity index (χ2v) is 5.10. The number of nitrogens with zero attached hydrogens (tertiary/aromatic N) is 3. The third-order valence-electron chi connectivity index (χ3n) is 3.32. The molecule has 3 rings (SSSR count). The number of hydrogen-bond donors (Lipinski definition) is 1. The molecule has 0 aliphatic heterocycles. The predicted octanol–water partition coefficient (Wildman–Crippen LogP) is 1.78. The van der Waals surface area contributed by atoms with E-state index in [4.69, 9.17) is 10.00 Å². The predicted molar refractivity (Wildman–Crippen MR) is 85.9 cm³/mol. The largest absolute Gasteiger partial charge is 0.439 e. The Labute approximate surface area is 140 Å². The number of ether oxygens (including phenoxy) is 1. The molecule has 2 heterocycles. The summed E-state index contributed by atoms with van der Waals surface area (Å²) in [6.45, 7) is 0.133. The van der Waals surface area contributed by atoms with Gasteiger partial charge in [0.05, 0.1) is 6.54 Å². The molecule has 0 aliphatic carbocycles. The van der Waals surface area contributed by atoms with Gasteiger partial charge in [-0.1, -0.05) is 6.07 Å². The van der Waals surface area contributed by atoms with Crippen molar-refractivity contribution in [2.45, 2.75) is 6.54 Å². The summed E-state index contributed by atoms with van der Waals surface area (Å²) >= 11 is 0. The SMILES string of the molecule is N#Cc1cn(Cc2ccc(Oc3ccc(F)cc3)nc2)c(=O)[nH]c1=O. The van der Waals surface area contributed by atoms with Crippen molar-refractivity contribution in [2.24, 2.45) is 0 Å². The molecule has 124 valence electrons. The van der Waals surface area contributed by atoms with Gasteiger partial charge in [0.1, 0.15) is 23.2 Å². The molecule has 1 aromatic carbocycles. The van der Waals surface area contributed by atoms with Crippen LogP contribution in [-0.4, -0.2) is 14.5 Å². The summed E-state index contributed by atoms with van der Waals surface area (Å²) in [4.78, 5) is 29.3. The van der Waals surface area contributed by atoms with Crippen molar-refractivity contribution in [3.63, 3.8) is 0 Å². The van der Waals surface area contributed by atoms with Crippen LogP contribution in [0.25, 0.3) is 0 Å². The van der Waals surface area contributed by atoms with Crippen LogP contribution in [0.1, 0.15) is 11.1 Å². The highest BCUT2D eigenvalue weighted by molar-refractivity contribution is 5.28. The number of halogens is 1. The Bertz CT molecular complexity index is 1050. The third kappa shape index (κ3) is 3.79. The van der Waals surface area contributed by atoms with Crippen LogP contribution in [0.2, 0.25) is 0 Å². The molecule has 2 aromatic heterocycles. The monoisotopic (exact) mass is 338 g/mol. The van der Waals surface area contributed by atoms with Gasteiger partial charge in [0.2, 0.25) is 5.88 Å². The van der Waals surface area contributed by atoms with Gasteiger partial charge in [-0.25, -0.2) is 14.2 Å². The van der Waals surface area contributed by atoms with Crippen molar-refractivity contribution in [2.75, 3.05) is 0 Å². The number of nitrogens with one attached hydrogen (secondary N) is 1. The summed E-state index contributed by atoms with van der Waals surface area (Å²) in [6.07, 6.45) is 2.70.